The van der Waals surface area contributed by atoms with Crippen LogP contribution in [0.25, 0.3) is 0 Å². The molecule has 2 N–H and O–H groups in total. The zero-order valence-corrected chi connectivity index (χ0v) is 8.38. The minimum atomic E-state index is -0.123. The van der Waals surface area contributed by atoms with Gasteiger partial charge < -0.3 is 15.1 Å². The molecule has 0 aromatic carbocycles. The van der Waals surface area contributed by atoms with E-state index in [9.17, 15) is 0 Å². The van der Waals surface area contributed by atoms with Crippen LogP contribution in [0.4, 0.5) is 5.82 Å². The van der Waals surface area contributed by atoms with Gasteiger partial charge in [0.1, 0.15) is 5.82 Å². The molecule has 0 saturated carbocycles. The number of aliphatic hydroxyl groups is 2. The third-order valence-corrected chi connectivity index (χ3v) is 2.12. The molecule has 0 spiro atoms. The van der Waals surface area contributed by atoms with Crippen molar-refractivity contribution in [1.82, 2.24) is 9.97 Å². The summed E-state index contributed by atoms with van der Waals surface area (Å²) in [5, 5.41) is 17.8. The van der Waals surface area contributed by atoms with Crippen LogP contribution >= 0.6 is 0 Å². The fraction of sp³-hybridized carbons (Fsp3) is 0.556. The Morgan fingerprint density at radius 3 is 2.71 bits per heavy atom. The third-order valence-electron chi connectivity index (χ3n) is 2.12. The van der Waals surface area contributed by atoms with Crippen molar-refractivity contribution >= 4 is 5.82 Å². The molecule has 0 aliphatic carbocycles. The molecule has 1 atom stereocenters. The lowest BCUT2D eigenvalue weighted by atomic mass is 10.3. The largest absolute Gasteiger partial charge is 0.394 e. The lowest BCUT2D eigenvalue weighted by molar-refractivity contribution is 0.268. The molecule has 0 bridgehead atoms. The molecule has 1 aromatic rings. The Hall–Kier alpha value is -1.20. The Kier molecular flexibility index (Phi) is 3.79. The molecule has 0 aliphatic heterocycles. The summed E-state index contributed by atoms with van der Waals surface area (Å²) >= 11 is 0. The Morgan fingerprint density at radius 2 is 2.14 bits per heavy atom. The number of likely N-dealkylation sites (N-methyl/N-ethyl adjacent to an activating group) is 1. The van der Waals surface area contributed by atoms with E-state index >= 15 is 0 Å². The summed E-state index contributed by atoms with van der Waals surface area (Å²) in [6.45, 7) is 1.82. The van der Waals surface area contributed by atoms with Crippen molar-refractivity contribution < 1.29 is 10.2 Å². The highest BCUT2D eigenvalue weighted by Gasteiger charge is 2.10. The van der Waals surface area contributed by atoms with Crippen molar-refractivity contribution in [3.8, 4) is 0 Å². The zero-order valence-electron chi connectivity index (χ0n) is 8.38. The first kappa shape index (κ1) is 10.9. The van der Waals surface area contributed by atoms with Crippen LogP contribution in [-0.2, 0) is 6.61 Å². The van der Waals surface area contributed by atoms with E-state index in [0.717, 1.165) is 0 Å². The molecule has 5 heteroatoms. The number of aliphatic hydroxyl groups excluding tert-OH is 2. The Balaban J connectivity index is 2.83. The number of hydrogen-bond donors (Lipinski definition) is 2. The lowest BCUT2D eigenvalue weighted by Gasteiger charge is -2.23. The summed E-state index contributed by atoms with van der Waals surface area (Å²) < 4.78 is 0. The van der Waals surface area contributed by atoms with Crippen LogP contribution in [0, 0.1) is 0 Å². The fourth-order valence-electron chi connectivity index (χ4n) is 0.989. The molecule has 1 rings (SSSR count). The maximum absolute atomic E-state index is 8.95. The molecule has 5 nitrogen and oxygen atoms in total. The van der Waals surface area contributed by atoms with Gasteiger partial charge in [-0.3, -0.25) is 4.98 Å². The molecule has 78 valence electrons. The predicted molar refractivity (Wildman–Crippen MR) is 52.9 cm³/mol. The number of hydrogen-bond acceptors (Lipinski definition) is 5. The van der Waals surface area contributed by atoms with Crippen LogP contribution in [0.1, 0.15) is 12.6 Å². The average Bonchev–Trinajstić information content (AvgIpc) is 2.27. The maximum atomic E-state index is 8.95. The van der Waals surface area contributed by atoms with Crippen molar-refractivity contribution in [3.05, 3.63) is 18.1 Å². The van der Waals surface area contributed by atoms with Gasteiger partial charge >= 0.3 is 0 Å². The number of nitrogens with zero attached hydrogens (tertiary/aromatic N) is 3. The van der Waals surface area contributed by atoms with Crippen LogP contribution in [0.3, 0.4) is 0 Å². The minimum Gasteiger partial charge on any atom is -0.394 e. The van der Waals surface area contributed by atoms with Gasteiger partial charge in [-0.15, -0.1) is 0 Å². The van der Waals surface area contributed by atoms with Gasteiger partial charge in [-0.25, -0.2) is 4.98 Å². The second-order valence-corrected chi connectivity index (χ2v) is 3.17. The molecule has 0 radical (unpaired) electrons. The maximum Gasteiger partial charge on any atom is 0.147 e. The quantitative estimate of drug-likeness (QED) is 0.698. The molecule has 0 saturated heterocycles. The minimum absolute atomic E-state index is 0.0155. The molecular weight excluding hydrogens is 182 g/mol. The summed E-state index contributed by atoms with van der Waals surface area (Å²) in [6.07, 6.45) is 3.12. The number of rotatable bonds is 4. The molecule has 14 heavy (non-hydrogen) atoms. The first-order valence-electron chi connectivity index (χ1n) is 4.44. The van der Waals surface area contributed by atoms with Crippen molar-refractivity contribution in [2.75, 3.05) is 18.6 Å². The second kappa shape index (κ2) is 4.88. The van der Waals surface area contributed by atoms with Gasteiger partial charge in [-0.1, -0.05) is 0 Å². The van der Waals surface area contributed by atoms with Gasteiger partial charge in [-0.2, -0.15) is 0 Å². The van der Waals surface area contributed by atoms with Gasteiger partial charge in [0.2, 0.25) is 0 Å². The highest BCUT2D eigenvalue weighted by Crippen LogP contribution is 2.10. The molecule has 1 unspecified atom stereocenters. The monoisotopic (exact) mass is 197 g/mol. The van der Waals surface area contributed by atoms with Gasteiger partial charge in [0.05, 0.1) is 37.3 Å². The Labute approximate surface area is 83.0 Å². The van der Waals surface area contributed by atoms with Crippen molar-refractivity contribution in [1.29, 1.82) is 0 Å². The van der Waals surface area contributed by atoms with E-state index in [1.807, 2.05) is 18.9 Å². The molecule has 1 aromatic heterocycles. The summed E-state index contributed by atoms with van der Waals surface area (Å²) in [5.74, 6) is 0.651. The predicted octanol–water partition coefficient (Wildman–Crippen LogP) is -0.214. The van der Waals surface area contributed by atoms with E-state index < -0.39 is 0 Å². The van der Waals surface area contributed by atoms with Gasteiger partial charge in [0, 0.05) is 7.05 Å². The molecule has 1 heterocycles. The van der Waals surface area contributed by atoms with Gasteiger partial charge in [0.15, 0.2) is 0 Å². The normalized spacial score (nSPS) is 12.6. The van der Waals surface area contributed by atoms with Gasteiger partial charge in [0.25, 0.3) is 0 Å². The molecular formula is C9H15N3O2. The van der Waals surface area contributed by atoms with Crippen LogP contribution in [0.2, 0.25) is 0 Å². The Bertz CT molecular complexity index is 293. The van der Waals surface area contributed by atoms with E-state index in [2.05, 4.69) is 9.97 Å². The zero-order chi connectivity index (χ0) is 10.6. The summed E-state index contributed by atoms with van der Waals surface area (Å²) in [4.78, 5) is 9.92. The standard InChI is InChI=1S/C9H15N3O2/c1-7(5-13)12(2)9-4-10-3-8(6-14)11-9/h3-4,7,13-14H,5-6H2,1-2H3. The van der Waals surface area contributed by atoms with E-state index in [1.54, 1.807) is 6.20 Å². The van der Waals surface area contributed by atoms with E-state index in [4.69, 9.17) is 10.2 Å². The average molecular weight is 197 g/mol. The number of anilines is 1. The van der Waals surface area contributed by atoms with E-state index in [0.29, 0.717) is 11.5 Å². The van der Waals surface area contributed by atoms with Crippen LogP contribution < -0.4 is 4.90 Å². The lowest BCUT2D eigenvalue weighted by Crippen LogP contribution is -2.32. The van der Waals surface area contributed by atoms with Crippen LogP contribution in [0.15, 0.2) is 12.4 Å². The first-order valence-corrected chi connectivity index (χ1v) is 4.44. The highest BCUT2D eigenvalue weighted by molar-refractivity contribution is 5.36. The van der Waals surface area contributed by atoms with E-state index in [-0.39, 0.29) is 19.3 Å². The number of aromatic nitrogens is 2. The van der Waals surface area contributed by atoms with Crippen molar-refractivity contribution in [2.24, 2.45) is 0 Å². The van der Waals surface area contributed by atoms with Crippen molar-refractivity contribution in [2.45, 2.75) is 19.6 Å². The van der Waals surface area contributed by atoms with Crippen LogP contribution in [0.5, 0.6) is 0 Å². The Morgan fingerprint density at radius 1 is 1.43 bits per heavy atom. The third kappa shape index (κ3) is 2.40. The summed E-state index contributed by atoms with van der Waals surface area (Å²) in [7, 11) is 1.83. The topological polar surface area (TPSA) is 69.5 Å². The fourth-order valence-corrected chi connectivity index (χ4v) is 0.989. The summed E-state index contributed by atoms with van der Waals surface area (Å²) in [6, 6.07) is -0.0155. The van der Waals surface area contributed by atoms with Crippen LogP contribution in [-0.4, -0.2) is 39.9 Å². The smallest absolute Gasteiger partial charge is 0.147 e. The molecule has 0 fully saturated rings. The molecule has 0 amide bonds. The van der Waals surface area contributed by atoms with E-state index in [1.165, 1.54) is 6.20 Å². The second-order valence-electron chi connectivity index (χ2n) is 3.17. The molecule has 0 aliphatic rings. The summed E-state index contributed by atoms with van der Waals surface area (Å²) in [5.41, 5.74) is 0.527. The SMILES string of the molecule is CC(CO)N(C)c1cncc(CO)n1. The van der Waals surface area contributed by atoms with Gasteiger partial charge in [-0.05, 0) is 6.92 Å². The first-order chi connectivity index (χ1) is 6.69. The van der Waals surface area contributed by atoms with Crippen molar-refractivity contribution in [3.63, 3.8) is 0 Å². The highest BCUT2D eigenvalue weighted by atomic mass is 16.3.